The zero-order valence-electron chi connectivity index (χ0n) is 11.7. The molecule has 0 spiro atoms. The van der Waals surface area contributed by atoms with Crippen molar-refractivity contribution < 1.29 is 14.7 Å². The summed E-state index contributed by atoms with van der Waals surface area (Å²) in [5.74, 6) is -0.793. The Morgan fingerprint density at radius 3 is 2.44 bits per heavy atom. The molecule has 1 unspecified atom stereocenters. The molecule has 0 aromatic rings. The SMILES string of the molecule is CCC1(C(=O)O)CCCN(C(=O)NC(C)(C)C)C1. The Morgan fingerprint density at radius 1 is 1.39 bits per heavy atom. The lowest BCUT2D eigenvalue weighted by atomic mass is 9.78. The predicted molar refractivity (Wildman–Crippen MR) is 69.5 cm³/mol. The third-order valence-corrected chi connectivity index (χ3v) is 3.48. The first-order chi connectivity index (χ1) is 8.20. The minimum Gasteiger partial charge on any atom is -0.481 e. The normalized spacial score (nSPS) is 24.8. The van der Waals surface area contributed by atoms with Gasteiger partial charge in [-0.05, 0) is 40.0 Å². The molecule has 0 radical (unpaired) electrons. The van der Waals surface area contributed by atoms with E-state index in [1.165, 1.54) is 0 Å². The van der Waals surface area contributed by atoms with Crippen molar-refractivity contribution in [1.82, 2.24) is 10.2 Å². The standard InChI is InChI=1S/C13H24N2O3/c1-5-13(10(16)17)7-6-8-15(9-13)11(18)14-12(2,3)4/h5-9H2,1-4H3,(H,14,18)(H,16,17). The first-order valence-corrected chi connectivity index (χ1v) is 6.51. The van der Waals surface area contributed by atoms with E-state index in [-0.39, 0.29) is 11.6 Å². The topological polar surface area (TPSA) is 69.6 Å². The molecular formula is C13H24N2O3. The second kappa shape index (κ2) is 5.16. The van der Waals surface area contributed by atoms with Crippen molar-refractivity contribution in [2.75, 3.05) is 13.1 Å². The molecule has 0 saturated carbocycles. The highest BCUT2D eigenvalue weighted by Crippen LogP contribution is 2.33. The van der Waals surface area contributed by atoms with E-state index < -0.39 is 11.4 Å². The Balaban J connectivity index is 2.75. The predicted octanol–water partition coefficient (Wildman–Crippen LogP) is 2.07. The highest BCUT2D eigenvalue weighted by molar-refractivity contribution is 5.79. The van der Waals surface area contributed by atoms with Gasteiger partial charge in [0.05, 0.1) is 5.41 Å². The smallest absolute Gasteiger partial charge is 0.317 e. The first kappa shape index (κ1) is 14.8. The molecule has 1 aliphatic rings. The molecule has 1 saturated heterocycles. The van der Waals surface area contributed by atoms with Crippen LogP contribution in [0, 0.1) is 5.41 Å². The number of carbonyl (C=O) groups is 2. The van der Waals surface area contributed by atoms with Gasteiger partial charge in [-0.1, -0.05) is 6.92 Å². The van der Waals surface area contributed by atoms with Crippen molar-refractivity contribution in [3.05, 3.63) is 0 Å². The minimum atomic E-state index is -0.793. The molecule has 1 rings (SSSR count). The summed E-state index contributed by atoms with van der Waals surface area (Å²) in [7, 11) is 0. The van der Waals surface area contributed by atoms with Crippen LogP contribution >= 0.6 is 0 Å². The average Bonchev–Trinajstić information content (AvgIpc) is 2.26. The Bertz CT molecular complexity index is 336. The molecule has 0 aromatic carbocycles. The maximum atomic E-state index is 12.1. The van der Waals surface area contributed by atoms with Gasteiger partial charge in [0, 0.05) is 18.6 Å². The van der Waals surface area contributed by atoms with Gasteiger partial charge in [-0.15, -0.1) is 0 Å². The molecule has 0 aliphatic carbocycles. The molecule has 1 aliphatic heterocycles. The molecule has 1 heterocycles. The summed E-state index contributed by atoms with van der Waals surface area (Å²) < 4.78 is 0. The van der Waals surface area contributed by atoms with Crippen molar-refractivity contribution in [1.29, 1.82) is 0 Å². The van der Waals surface area contributed by atoms with Crippen LogP contribution in [0.3, 0.4) is 0 Å². The van der Waals surface area contributed by atoms with Crippen molar-refractivity contribution in [2.24, 2.45) is 5.41 Å². The summed E-state index contributed by atoms with van der Waals surface area (Å²) in [4.78, 5) is 25.1. The van der Waals surface area contributed by atoms with Crippen LogP contribution in [0.15, 0.2) is 0 Å². The van der Waals surface area contributed by atoms with Gasteiger partial charge in [-0.25, -0.2) is 4.79 Å². The molecule has 2 amide bonds. The molecule has 18 heavy (non-hydrogen) atoms. The highest BCUT2D eigenvalue weighted by Gasteiger charge is 2.42. The van der Waals surface area contributed by atoms with Crippen LogP contribution in [0.2, 0.25) is 0 Å². The van der Waals surface area contributed by atoms with E-state index in [0.29, 0.717) is 25.9 Å². The molecule has 2 N–H and O–H groups in total. The van der Waals surface area contributed by atoms with E-state index in [0.717, 1.165) is 6.42 Å². The molecule has 5 nitrogen and oxygen atoms in total. The number of piperidine rings is 1. The van der Waals surface area contributed by atoms with Crippen molar-refractivity contribution in [2.45, 2.75) is 52.5 Å². The highest BCUT2D eigenvalue weighted by atomic mass is 16.4. The van der Waals surface area contributed by atoms with Crippen LogP contribution < -0.4 is 5.32 Å². The lowest BCUT2D eigenvalue weighted by Gasteiger charge is -2.40. The van der Waals surface area contributed by atoms with Crippen molar-refractivity contribution >= 4 is 12.0 Å². The number of hydrogen-bond donors (Lipinski definition) is 2. The Kier molecular flexibility index (Phi) is 4.24. The van der Waals surface area contributed by atoms with E-state index >= 15 is 0 Å². The van der Waals surface area contributed by atoms with Gasteiger partial charge in [0.15, 0.2) is 0 Å². The van der Waals surface area contributed by atoms with E-state index in [1.807, 2.05) is 27.7 Å². The number of urea groups is 1. The number of rotatable bonds is 2. The summed E-state index contributed by atoms with van der Waals surface area (Å²) in [5, 5.41) is 12.2. The largest absolute Gasteiger partial charge is 0.481 e. The monoisotopic (exact) mass is 256 g/mol. The third-order valence-electron chi connectivity index (χ3n) is 3.48. The molecule has 1 fully saturated rings. The van der Waals surface area contributed by atoms with Gasteiger partial charge >= 0.3 is 12.0 Å². The summed E-state index contributed by atoms with van der Waals surface area (Å²) in [6.45, 7) is 8.56. The van der Waals surface area contributed by atoms with Gasteiger partial charge < -0.3 is 15.3 Å². The number of hydrogen-bond acceptors (Lipinski definition) is 2. The fourth-order valence-corrected chi connectivity index (χ4v) is 2.32. The molecule has 0 bridgehead atoms. The van der Waals surface area contributed by atoms with Gasteiger partial charge in [0.1, 0.15) is 0 Å². The minimum absolute atomic E-state index is 0.165. The fourth-order valence-electron chi connectivity index (χ4n) is 2.32. The zero-order chi connectivity index (χ0) is 14.0. The number of likely N-dealkylation sites (tertiary alicyclic amines) is 1. The van der Waals surface area contributed by atoms with E-state index in [4.69, 9.17) is 0 Å². The quantitative estimate of drug-likeness (QED) is 0.794. The van der Waals surface area contributed by atoms with E-state index in [9.17, 15) is 14.7 Å². The summed E-state index contributed by atoms with van der Waals surface area (Å²) in [5.41, 5.74) is -1.07. The van der Waals surface area contributed by atoms with Crippen LogP contribution in [0.5, 0.6) is 0 Å². The molecule has 0 aromatic heterocycles. The number of carboxylic acid groups (broad SMARTS) is 1. The molecule has 1 atom stereocenters. The maximum absolute atomic E-state index is 12.1. The maximum Gasteiger partial charge on any atom is 0.317 e. The van der Waals surface area contributed by atoms with E-state index in [1.54, 1.807) is 4.90 Å². The first-order valence-electron chi connectivity index (χ1n) is 6.51. The van der Waals surface area contributed by atoms with Gasteiger partial charge in [-0.2, -0.15) is 0 Å². The zero-order valence-corrected chi connectivity index (χ0v) is 11.7. The van der Waals surface area contributed by atoms with Crippen molar-refractivity contribution in [3.63, 3.8) is 0 Å². The van der Waals surface area contributed by atoms with Crippen LogP contribution in [-0.4, -0.2) is 40.6 Å². The third kappa shape index (κ3) is 3.37. The van der Waals surface area contributed by atoms with Gasteiger partial charge in [-0.3, -0.25) is 4.79 Å². The lowest BCUT2D eigenvalue weighted by Crippen LogP contribution is -2.55. The fraction of sp³-hybridized carbons (Fsp3) is 0.846. The lowest BCUT2D eigenvalue weighted by molar-refractivity contribution is -0.152. The second-order valence-electron chi connectivity index (χ2n) is 6.14. The second-order valence-corrected chi connectivity index (χ2v) is 6.14. The van der Waals surface area contributed by atoms with E-state index in [2.05, 4.69) is 5.32 Å². The average molecular weight is 256 g/mol. The van der Waals surface area contributed by atoms with Crippen molar-refractivity contribution in [3.8, 4) is 0 Å². The Morgan fingerprint density at radius 2 is 2.00 bits per heavy atom. The number of carboxylic acids is 1. The number of carbonyl (C=O) groups excluding carboxylic acids is 1. The van der Waals surface area contributed by atoms with Gasteiger partial charge in [0.25, 0.3) is 0 Å². The van der Waals surface area contributed by atoms with Crippen LogP contribution in [-0.2, 0) is 4.79 Å². The van der Waals surface area contributed by atoms with Crippen LogP contribution in [0.25, 0.3) is 0 Å². The summed E-state index contributed by atoms with van der Waals surface area (Å²) >= 11 is 0. The number of nitrogens with zero attached hydrogens (tertiary/aromatic N) is 1. The Hall–Kier alpha value is -1.26. The van der Waals surface area contributed by atoms with Crippen LogP contribution in [0.4, 0.5) is 4.79 Å². The molecule has 104 valence electrons. The number of nitrogens with one attached hydrogen (secondary N) is 1. The number of aliphatic carboxylic acids is 1. The summed E-state index contributed by atoms with van der Waals surface area (Å²) in [6, 6.07) is -0.165. The number of amides is 2. The van der Waals surface area contributed by atoms with Gasteiger partial charge in [0.2, 0.25) is 0 Å². The summed E-state index contributed by atoms with van der Waals surface area (Å²) in [6.07, 6.45) is 1.96. The Labute approximate surface area is 109 Å². The molecule has 5 heteroatoms. The van der Waals surface area contributed by atoms with Crippen LogP contribution in [0.1, 0.15) is 47.0 Å². The molecular weight excluding hydrogens is 232 g/mol.